The first kappa shape index (κ1) is 23.2. The third kappa shape index (κ3) is 6.72. The number of nitrogens with one attached hydrogen (secondary N) is 1. The van der Waals surface area contributed by atoms with Gasteiger partial charge in [0.25, 0.3) is 0 Å². The Bertz CT molecular complexity index is 860. The second kappa shape index (κ2) is 11.2. The quantitative estimate of drug-likeness (QED) is 0.559. The van der Waals surface area contributed by atoms with Crippen molar-refractivity contribution in [2.75, 3.05) is 6.54 Å². The highest BCUT2D eigenvalue weighted by atomic mass is 35.5. The molecule has 0 unspecified atom stereocenters. The molecule has 0 aromatic heterocycles. The van der Waals surface area contributed by atoms with Gasteiger partial charge in [-0.3, -0.25) is 9.59 Å². The number of carbonyl (C=O) groups is 2. The predicted octanol–water partition coefficient (Wildman–Crippen LogP) is 5.01. The maximum atomic E-state index is 14.0. The second-order valence-electron chi connectivity index (χ2n) is 6.85. The minimum absolute atomic E-state index is 0.117. The smallest absolute Gasteiger partial charge is 0.242 e. The molecule has 4 nitrogen and oxygen atoms in total. The molecule has 0 saturated carbocycles. The Morgan fingerprint density at radius 1 is 1.14 bits per heavy atom. The zero-order valence-electron chi connectivity index (χ0n) is 16.6. The SMILES string of the molecule is CCCCNC(=O)[C@@H](C)N(Cc1ccc(Cl)cc1Cl)C(=O)Cc1ccccc1F. The summed E-state index contributed by atoms with van der Waals surface area (Å²) >= 11 is 12.2. The number of carbonyl (C=O) groups excluding carboxylic acids is 2. The molecule has 0 saturated heterocycles. The van der Waals surface area contributed by atoms with Crippen molar-refractivity contribution in [2.24, 2.45) is 0 Å². The summed E-state index contributed by atoms with van der Waals surface area (Å²) in [5.74, 6) is -1.07. The summed E-state index contributed by atoms with van der Waals surface area (Å²) < 4.78 is 14.0. The lowest BCUT2D eigenvalue weighted by Crippen LogP contribution is -2.48. The van der Waals surface area contributed by atoms with Crippen molar-refractivity contribution in [3.8, 4) is 0 Å². The lowest BCUT2D eigenvalue weighted by atomic mass is 10.1. The molecule has 1 atom stereocenters. The van der Waals surface area contributed by atoms with Gasteiger partial charge in [-0.25, -0.2) is 4.39 Å². The van der Waals surface area contributed by atoms with Crippen molar-refractivity contribution >= 4 is 35.0 Å². The fraction of sp³-hybridized carbons (Fsp3) is 0.364. The average molecular weight is 439 g/mol. The largest absolute Gasteiger partial charge is 0.354 e. The van der Waals surface area contributed by atoms with Gasteiger partial charge in [0.15, 0.2) is 0 Å². The molecule has 2 rings (SSSR count). The van der Waals surface area contributed by atoms with E-state index in [1.54, 1.807) is 43.3 Å². The molecule has 0 aliphatic carbocycles. The second-order valence-corrected chi connectivity index (χ2v) is 7.69. The third-order valence-corrected chi connectivity index (χ3v) is 5.24. The molecule has 29 heavy (non-hydrogen) atoms. The molecule has 0 spiro atoms. The molecule has 2 aromatic rings. The Labute approximate surface area is 181 Å². The molecule has 0 heterocycles. The number of halogens is 3. The average Bonchev–Trinajstić information content (AvgIpc) is 2.68. The van der Waals surface area contributed by atoms with Crippen molar-refractivity contribution < 1.29 is 14.0 Å². The van der Waals surface area contributed by atoms with Crippen molar-refractivity contribution in [1.29, 1.82) is 0 Å². The first-order valence-corrected chi connectivity index (χ1v) is 10.3. The summed E-state index contributed by atoms with van der Waals surface area (Å²) in [5.41, 5.74) is 0.939. The first-order valence-electron chi connectivity index (χ1n) is 9.58. The molecular formula is C22H25Cl2FN2O2. The highest BCUT2D eigenvalue weighted by Gasteiger charge is 2.27. The minimum atomic E-state index is -0.738. The molecule has 7 heteroatoms. The summed E-state index contributed by atoms with van der Waals surface area (Å²) in [6, 6.07) is 10.4. The van der Waals surface area contributed by atoms with E-state index in [4.69, 9.17) is 23.2 Å². The Morgan fingerprint density at radius 3 is 2.52 bits per heavy atom. The fourth-order valence-corrected chi connectivity index (χ4v) is 3.33. The van der Waals surface area contributed by atoms with E-state index >= 15 is 0 Å². The number of rotatable bonds is 9. The Morgan fingerprint density at radius 2 is 1.86 bits per heavy atom. The molecule has 0 bridgehead atoms. The van der Waals surface area contributed by atoms with E-state index in [2.05, 4.69) is 5.32 Å². The summed E-state index contributed by atoms with van der Waals surface area (Å²) in [7, 11) is 0. The molecule has 0 radical (unpaired) electrons. The normalized spacial score (nSPS) is 11.8. The molecule has 1 N–H and O–H groups in total. The highest BCUT2D eigenvalue weighted by molar-refractivity contribution is 6.35. The number of hydrogen-bond donors (Lipinski definition) is 1. The number of amides is 2. The van der Waals surface area contributed by atoms with Gasteiger partial charge in [0, 0.05) is 23.1 Å². The zero-order chi connectivity index (χ0) is 21.4. The monoisotopic (exact) mass is 438 g/mol. The van der Waals surface area contributed by atoms with Crippen molar-refractivity contribution in [1.82, 2.24) is 10.2 Å². The van der Waals surface area contributed by atoms with Crippen LogP contribution in [0.1, 0.15) is 37.8 Å². The molecule has 2 aromatic carbocycles. The standard InChI is InChI=1S/C22H25Cl2FN2O2/c1-3-4-11-26-22(29)15(2)27(14-17-9-10-18(23)13-19(17)24)21(28)12-16-7-5-6-8-20(16)25/h5-10,13,15H,3-4,11-12,14H2,1-2H3,(H,26,29)/t15-/m1/s1. The van der Waals surface area contributed by atoms with Crippen molar-refractivity contribution in [2.45, 2.75) is 45.7 Å². The van der Waals surface area contributed by atoms with E-state index in [1.165, 1.54) is 11.0 Å². The van der Waals surface area contributed by atoms with Crippen LogP contribution in [-0.4, -0.2) is 29.3 Å². The lowest BCUT2D eigenvalue weighted by Gasteiger charge is -2.29. The van der Waals surface area contributed by atoms with Crippen molar-refractivity contribution in [3.63, 3.8) is 0 Å². The highest BCUT2D eigenvalue weighted by Crippen LogP contribution is 2.23. The van der Waals surface area contributed by atoms with Gasteiger partial charge in [0.05, 0.1) is 6.42 Å². The summed E-state index contributed by atoms with van der Waals surface area (Å²) in [6.07, 6.45) is 1.65. The van der Waals surface area contributed by atoms with Crippen LogP contribution in [-0.2, 0) is 22.6 Å². The first-order chi connectivity index (χ1) is 13.8. The van der Waals surface area contributed by atoms with Crippen LogP contribution in [0.2, 0.25) is 10.0 Å². The van der Waals surface area contributed by atoms with E-state index in [0.29, 0.717) is 22.2 Å². The van der Waals surface area contributed by atoms with Crippen LogP contribution in [0, 0.1) is 5.82 Å². The molecule has 0 aliphatic rings. The lowest BCUT2D eigenvalue weighted by molar-refractivity contribution is -0.140. The summed E-state index contributed by atoms with van der Waals surface area (Å²) in [6.45, 7) is 4.34. The van der Waals surface area contributed by atoms with Crippen LogP contribution >= 0.6 is 23.2 Å². The molecule has 156 valence electrons. The van der Waals surface area contributed by atoms with Gasteiger partial charge in [0.1, 0.15) is 11.9 Å². The molecule has 2 amide bonds. The third-order valence-electron chi connectivity index (χ3n) is 4.65. The Hall–Kier alpha value is -2.11. The van der Waals surface area contributed by atoms with Gasteiger partial charge in [-0.05, 0) is 42.7 Å². The van der Waals surface area contributed by atoms with Gasteiger partial charge >= 0.3 is 0 Å². The maximum Gasteiger partial charge on any atom is 0.242 e. The van der Waals surface area contributed by atoms with Gasteiger partial charge in [-0.2, -0.15) is 0 Å². The van der Waals surface area contributed by atoms with Gasteiger partial charge in [0.2, 0.25) is 11.8 Å². The van der Waals surface area contributed by atoms with Crippen molar-refractivity contribution in [3.05, 3.63) is 69.5 Å². The van der Waals surface area contributed by atoms with Crippen LogP contribution in [0.5, 0.6) is 0 Å². The molecule has 0 fully saturated rings. The van der Waals surface area contributed by atoms with Gasteiger partial charge < -0.3 is 10.2 Å². The molecular weight excluding hydrogens is 414 g/mol. The number of nitrogens with zero attached hydrogens (tertiary/aromatic N) is 1. The van der Waals surface area contributed by atoms with Crippen LogP contribution in [0.25, 0.3) is 0 Å². The van der Waals surface area contributed by atoms with Crippen LogP contribution in [0.3, 0.4) is 0 Å². The van der Waals surface area contributed by atoms with E-state index in [-0.39, 0.29) is 30.3 Å². The van der Waals surface area contributed by atoms with Crippen LogP contribution in [0.15, 0.2) is 42.5 Å². The zero-order valence-corrected chi connectivity index (χ0v) is 18.1. The summed E-state index contributed by atoms with van der Waals surface area (Å²) in [5, 5.41) is 3.72. The summed E-state index contributed by atoms with van der Waals surface area (Å²) in [4.78, 5) is 27.0. The van der Waals surface area contributed by atoms with E-state index in [1.807, 2.05) is 6.92 Å². The minimum Gasteiger partial charge on any atom is -0.354 e. The van der Waals surface area contributed by atoms with E-state index in [0.717, 1.165) is 12.8 Å². The number of hydrogen-bond acceptors (Lipinski definition) is 2. The molecule has 0 aliphatic heterocycles. The van der Waals surface area contributed by atoms with Gasteiger partial charge in [-0.15, -0.1) is 0 Å². The van der Waals surface area contributed by atoms with Crippen LogP contribution < -0.4 is 5.32 Å². The predicted molar refractivity (Wildman–Crippen MR) is 114 cm³/mol. The van der Waals surface area contributed by atoms with Crippen LogP contribution in [0.4, 0.5) is 4.39 Å². The number of unbranched alkanes of at least 4 members (excludes halogenated alkanes) is 1. The van der Waals surface area contributed by atoms with E-state index < -0.39 is 11.9 Å². The maximum absolute atomic E-state index is 14.0. The fourth-order valence-electron chi connectivity index (χ4n) is 2.86. The number of benzene rings is 2. The van der Waals surface area contributed by atoms with Gasteiger partial charge in [-0.1, -0.05) is 60.8 Å². The topological polar surface area (TPSA) is 49.4 Å². The van der Waals surface area contributed by atoms with E-state index in [9.17, 15) is 14.0 Å². The Kier molecular flexibility index (Phi) is 8.93. The Balaban J connectivity index is 2.24.